The van der Waals surface area contributed by atoms with Gasteiger partial charge < -0.3 is 10.5 Å². The van der Waals surface area contributed by atoms with Crippen molar-refractivity contribution >= 4 is 5.69 Å². The first-order valence-electron chi connectivity index (χ1n) is 5.12. The Labute approximate surface area is 94.9 Å². The van der Waals surface area contributed by atoms with Crippen LogP contribution in [0.5, 0.6) is 5.75 Å². The van der Waals surface area contributed by atoms with Crippen molar-refractivity contribution in [3.8, 4) is 5.75 Å². The van der Waals surface area contributed by atoms with E-state index in [0.29, 0.717) is 0 Å². The lowest BCUT2D eigenvalue weighted by atomic mass is 10.1. The third-order valence-electron chi connectivity index (χ3n) is 2.45. The standard InChI is InChI=1S/C13H14N2O/c1-16-12-5-6-13(14)10(9-12)8-11-4-2-3-7-15-11/h2-7,9H,8,14H2,1H3. The molecule has 0 unspecified atom stereocenters. The van der Waals surface area contributed by atoms with Crippen LogP contribution in [0.2, 0.25) is 0 Å². The van der Waals surface area contributed by atoms with Gasteiger partial charge in [0.15, 0.2) is 0 Å². The van der Waals surface area contributed by atoms with Crippen LogP contribution < -0.4 is 10.5 Å². The molecule has 0 fully saturated rings. The molecule has 2 N–H and O–H groups in total. The average Bonchev–Trinajstić information content (AvgIpc) is 2.33. The third kappa shape index (κ3) is 2.31. The summed E-state index contributed by atoms with van der Waals surface area (Å²) < 4.78 is 5.17. The zero-order valence-corrected chi connectivity index (χ0v) is 9.18. The van der Waals surface area contributed by atoms with E-state index in [2.05, 4.69) is 4.98 Å². The van der Waals surface area contributed by atoms with Gasteiger partial charge in [-0.2, -0.15) is 0 Å². The lowest BCUT2D eigenvalue weighted by Gasteiger charge is -2.07. The molecule has 16 heavy (non-hydrogen) atoms. The van der Waals surface area contributed by atoms with E-state index in [1.807, 2.05) is 36.4 Å². The zero-order valence-electron chi connectivity index (χ0n) is 9.18. The average molecular weight is 214 g/mol. The molecule has 0 amide bonds. The Bertz CT molecular complexity index is 469. The van der Waals surface area contributed by atoms with Gasteiger partial charge in [-0.1, -0.05) is 6.07 Å². The van der Waals surface area contributed by atoms with E-state index in [1.165, 1.54) is 0 Å². The third-order valence-corrected chi connectivity index (χ3v) is 2.45. The molecule has 0 aliphatic carbocycles. The molecule has 1 aromatic heterocycles. The molecule has 1 heterocycles. The van der Waals surface area contributed by atoms with Crippen LogP contribution in [-0.4, -0.2) is 12.1 Å². The number of rotatable bonds is 3. The van der Waals surface area contributed by atoms with Crippen LogP contribution in [0.4, 0.5) is 5.69 Å². The molecule has 0 atom stereocenters. The number of benzene rings is 1. The first kappa shape index (κ1) is 10.5. The number of hydrogen-bond acceptors (Lipinski definition) is 3. The fraction of sp³-hybridized carbons (Fsp3) is 0.154. The van der Waals surface area contributed by atoms with Crippen LogP contribution in [0.1, 0.15) is 11.3 Å². The second kappa shape index (κ2) is 4.66. The van der Waals surface area contributed by atoms with Gasteiger partial charge in [0.05, 0.1) is 7.11 Å². The van der Waals surface area contributed by atoms with Crippen LogP contribution in [0.25, 0.3) is 0 Å². The summed E-state index contributed by atoms with van der Waals surface area (Å²) in [5, 5.41) is 0. The van der Waals surface area contributed by atoms with Gasteiger partial charge in [-0.25, -0.2) is 0 Å². The van der Waals surface area contributed by atoms with Gasteiger partial charge in [0.1, 0.15) is 5.75 Å². The Kier molecular flexibility index (Phi) is 3.05. The van der Waals surface area contributed by atoms with Crippen LogP contribution in [0, 0.1) is 0 Å². The van der Waals surface area contributed by atoms with Gasteiger partial charge in [0.25, 0.3) is 0 Å². The molecule has 0 spiro atoms. The molecule has 0 aliphatic rings. The predicted molar refractivity (Wildman–Crippen MR) is 64.4 cm³/mol. The van der Waals surface area contributed by atoms with E-state index in [-0.39, 0.29) is 0 Å². The summed E-state index contributed by atoms with van der Waals surface area (Å²) in [6.45, 7) is 0. The van der Waals surface area contributed by atoms with Crippen LogP contribution in [-0.2, 0) is 6.42 Å². The lowest BCUT2D eigenvalue weighted by Crippen LogP contribution is -1.98. The summed E-state index contributed by atoms with van der Waals surface area (Å²) in [6.07, 6.45) is 2.51. The molecule has 82 valence electrons. The monoisotopic (exact) mass is 214 g/mol. The van der Waals surface area contributed by atoms with Gasteiger partial charge in [-0.3, -0.25) is 4.98 Å². The van der Waals surface area contributed by atoms with Crippen molar-refractivity contribution in [2.24, 2.45) is 0 Å². The normalized spacial score (nSPS) is 10.1. The molecule has 2 rings (SSSR count). The molecule has 1 aromatic carbocycles. The number of hydrogen-bond donors (Lipinski definition) is 1. The minimum atomic E-state index is 0.726. The van der Waals surface area contributed by atoms with Gasteiger partial charge in [0, 0.05) is 24.0 Å². The summed E-state index contributed by atoms with van der Waals surface area (Å²) in [5.41, 5.74) is 8.72. The van der Waals surface area contributed by atoms with Crippen molar-refractivity contribution in [3.05, 3.63) is 53.9 Å². The molecule has 3 nitrogen and oxygen atoms in total. The van der Waals surface area contributed by atoms with Crippen molar-refractivity contribution in [2.75, 3.05) is 12.8 Å². The maximum atomic E-state index is 5.91. The highest BCUT2D eigenvalue weighted by molar-refractivity contribution is 5.51. The van der Waals surface area contributed by atoms with Gasteiger partial charge in [0.2, 0.25) is 0 Å². The number of anilines is 1. The number of methoxy groups -OCH3 is 1. The molecular formula is C13H14N2O. The van der Waals surface area contributed by atoms with E-state index in [0.717, 1.165) is 29.1 Å². The van der Waals surface area contributed by atoms with E-state index in [9.17, 15) is 0 Å². The minimum Gasteiger partial charge on any atom is -0.497 e. The summed E-state index contributed by atoms with van der Waals surface area (Å²) in [7, 11) is 1.65. The summed E-state index contributed by atoms with van der Waals surface area (Å²) in [5.74, 6) is 0.820. The Hall–Kier alpha value is -2.03. The Morgan fingerprint density at radius 1 is 1.25 bits per heavy atom. The van der Waals surface area contributed by atoms with E-state index >= 15 is 0 Å². The topological polar surface area (TPSA) is 48.1 Å². The molecular weight excluding hydrogens is 200 g/mol. The lowest BCUT2D eigenvalue weighted by molar-refractivity contribution is 0.414. The Morgan fingerprint density at radius 2 is 2.12 bits per heavy atom. The maximum absolute atomic E-state index is 5.91. The van der Waals surface area contributed by atoms with E-state index in [1.54, 1.807) is 13.3 Å². The maximum Gasteiger partial charge on any atom is 0.119 e. The molecule has 3 heteroatoms. The van der Waals surface area contributed by atoms with Crippen LogP contribution in [0.15, 0.2) is 42.6 Å². The fourth-order valence-electron chi connectivity index (χ4n) is 1.56. The second-order valence-electron chi connectivity index (χ2n) is 3.56. The van der Waals surface area contributed by atoms with Gasteiger partial charge in [-0.05, 0) is 35.9 Å². The van der Waals surface area contributed by atoms with Crippen molar-refractivity contribution < 1.29 is 4.74 Å². The summed E-state index contributed by atoms with van der Waals surface area (Å²) in [6, 6.07) is 11.5. The van der Waals surface area contributed by atoms with Gasteiger partial charge >= 0.3 is 0 Å². The van der Waals surface area contributed by atoms with E-state index < -0.39 is 0 Å². The first-order valence-corrected chi connectivity index (χ1v) is 5.12. The molecule has 0 bridgehead atoms. The predicted octanol–water partition coefficient (Wildman–Crippen LogP) is 2.26. The van der Waals surface area contributed by atoms with Crippen LogP contribution in [0.3, 0.4) is 0 Å². The number of nitrogens with two attached hydrogens (primary N) is 1. The second-order valence-corrected chi connectivity index (χ2v) is 3.56. The smallest absolute Gasteiger partial charge is 0.119 e. The number of pyridine rings is 1. The van der Waals surface area contributed by atoms with Crippen LogP contribution >= 0.6 is 0 Å². The van der Waals surface area contributed by atoms with Crippen molar-refractivity contribution in [2.45, 2.75) is 6.42 Å². The summed E-state index contributed by atoms with van der Waals surface area (Å²) >= 11 is 0. The molecule has 2 aromatic rings. The molecule has 0 radical (unpaired) electrons. The fourth-order valence-corrected chi connectivity index (χ4v) is 1.56. The Morgan fingerprint density at radius 3 is 2.81 bits per heavy atom. The SMILES string of the molecule is COc1ccc(N)c(Cc2ccccn2)c1. The minimum absolute atomic E-state index is 0.726. The first-order chi connectivity index (χ1) is 7.79. The van der Waals surface area contributed by atoms with Crippen molar-refractivity contribution in [3.63, 3.8) is 0 Å². The number of nitrogens with zero attached hydrogens (tertiary/aromatic N) is 1. The number of ether oxygens (including phenoxy) is 1. The quantitative estimate of drug-likeness (QED) is 0.797. The molecule has 0 aliphatic heterocycles. The highest BCUT2D eigenvalue weighted by Crippen LogP contribution is 2.21. The zero-order chi connectivity index (χ0) is 11.4. The molecule has 0 saturated heterocycles. The summed E-state index contributed by atoms with van der Waals surface area (Å²) in [4.78, 5) is 4.27. The van der Waals surface area contributed by atoms with Gasteiger partial charge in [-0.15, -0.1) is 0 Å². The highest BCUT2D eigenvalue weighted by Gasteiger charge is 2.03. The van der Waals surface area contributed by atoms with Crippen molar-refractivity contribution in [1.29, 1.82) is 0 Å². The number of aromatic nitrogens is 1. The Balaban J connectivity index is 2.27. The van der Waals surface area contributed by atoms with E-state index in [4.69, 9.17) is 10.5 Å². The highest BCUT2D eigenvalue weighted by atomic mass is 16.5. The number of nitrogen functional groups attached to an aromatic ring is 1. The largest absolute Gasteiger partial charge is 0.497 e. The van der Waals surface area contributed by atoms with Crippen molar-refractivity contribution in [1.82, 2.24) is 4.98 Å². The molecule has 0 saturated carbocycles.